The summed E-state index contributed by atoms with van der Waals surface area (Å²) in [4.78, 5) is 34.8. The molecule has 0 saturated carbocycles. The largest absolute Gasteiger partial charge is 0.309 e. The zero-order valence-corrected chi connectivity index (χ0v) is 17.4. The molecule has 7 heteroatoms. The van der Waals surface area contributed by atoms with Crippen molar-refractivity contribution in [2.45, 2.75) is 12.1 Å². The van der Waals surface area contributed by atoms with Gasteiger partial charge in [-0.3, -0.25) is 9.59 Å². The van der Waals surface area contributed by atoms with Crippen molar-refractivity contribution in [3.63, 3.8) is 0 Å². The number of nitrogens with zero attached hydrogens (tertiary/aromatic N) is 3. The number of carbonyl (C=O) groups excluding carboxylic acids is 2. The molecular weight excluding hydrogens is 421 g/mol. The summed E-state index contributed by atoms with van der Waals surface area (Å²) in [6, 6.07) is 18.2. The van der Waals surface area contributed by atoms with Gasteiger partial charge in [0.05, 0.1) is 5.02 Å². The molecule has 0 N–H and O–H groups in total. The number of hydrogen-bond acceptors (Lipinski definition) is 3. The molecule has 0 radical (unpaired) electrons. The van der Waals surface area contributed by atoms with Gasteiger partial charge in [0, 0.05) is 36.3 Å². The summed E-state index contributed by atoms with van der Waals surface area (Å²) in [5, 5.41) is 0.877. The first-order valence-corrected chi connectivity index (χ1v) is 10.4. The molecule has 30 heavy (non-hydrogen) atoms. The van der Waals surface area contributed by atoms with E-state index in [0.717, 1.165) is 11.1 Å². The zero-order valence-electron chi connectivity index (χ0n) is 15.9. The molecule has 3 heterocycles. The van der Waals surface area contributed by atoms with Crippen molar-refractivity contribution in [2.24, 2.45) is 0 Å². The van der Waals surface area contributed by atoms with E-state index < -0.39 is 5.66 Å². The summed E-state index contributed by atoms with van der Waals surface area (Å²) in [7, 11) is 0. The predicted octanol–water partition coefficient (Wildman–Crippen LogP) is 4.40. The highest BCUT2D eigenvalue weighted by atomic mass is 35.5. The lowest BCUT2D eigenvalue weighted by Crippen LogP contribution is -2.58. The number of pyridine rings is 1. The number of fused-ring (bicyclic) bond motifs is 2. The van der Waals surface area contributed by atoms with Gasteiger partial charge in [0.2, 0.25) is 0 Å². The summed E-state index contributed by atoms with van der Waals surface area (Å²) in [5.74, 6) is -0.389. The van der Waals surface area contributed by atoms with Crippen molar-refractivity contribution in [3.8, 4) is 0 Å². The minimum absolute atomic E-state index is 0.0887. The summed E-state index contributed by atoms with van der Waals surface area (Å²) >= 11 is 12.4. The van der Waals surface area contributed by atoms with Crippen LogP contribution >= 0.6 is 23.2 Å². The highest BCUT2D eigenvalue weighted by Crippen LogP contribution is 2.45. The summed E-state index contributed by atoms with van der Waals surface area (Å²) < 4.78 is 0. The van der Waals surface area contributed by atoms with E-state index in [0.29, 0.717) is 30.1 Å². The molecule has 0 spiro atoms. The van der Waals surface area contributed by atoms with Crippen LogP contribution in [0, 0.1) is 0 Å². The number of halogens is 2. The van der Waals surface area contributed by atoms with Crippen LogP contribution in [-0.2, 0) is 12.1 Å². The second-order valence-corrected chi connectivity index (χ2v) is 8.25. The van der Waals surface area contributed by atoms with Crippen LogP contribution < -0.4 is 0 Å². The van der Waals surface area contributed by atoms with E-state index in [2.05, 4.69) is 4.98 Å². The minimum Gasteiger partial charge on any atom is -0.309 e. The van der Waals surface area contributed by atoms with Crippen molar-refractivity contribution < 1.29 is 9.59 Å². The molecule has 0 aliphatic carbocycles. The van der Waals surface area contributed by atoms with Crippen LogP contribution in [0.3, 0.4) is 0 Å². The number of hydrogen-bond donors (Lipinski definition) is 0. The van der Waals surface area contributed by atoms with Crippen molar-refractivity contribution in [2.75, 3.05) is 13.1 Å². The molecule has 1 saturated heterocycles. The van der Waals surface area contributed by atoms with Crippen molar-refractivity contribution in [1.29, 1.82) is 0 Å². The Morgan fingerprint density at radius 2 is 1.73 bits per heavy atom. The van der Waals surface area contributed by atoms with E-state index in [1.807, 2.05) is 36.4 Å². The molecule has 0 bridgehead atoms. The number of carbonyl (C=O) groups is 2. The number of aromatic nitrogens is 1. The molecule has 2 aliphatic heterocycles. The minimum atomic E-state index is -0.964. The highest BCUT2D eigenvalue weighted by Gasteiger charge is 2.56. The molecule has 2 aromatic carbocycles. The fourth-order valence-corrected chi connectivity index (χ4v) is 4.87. The lowest BCUT2D eigenvalue weighted by molar-refractivity contribution is 0.00744. The maximum absolute atomic E-state index is 13.6. The first-order chi connectivity index (χ1) is 14.5. The van der Waals surface area contributed by atoms with Gasteiger partial charge in [-0.05, 0) is 41.5 Å². The molecule has 5 nitrogen and oxygen atoms in total. The SMILES string of the molecule is O=C1c2ccccc2CC2(c3ccc(Cl)cc3)N1CCN2C(=O)c1ncccc1Cl. The third kappa shape index (κ3) is 2.73. The van der Waals surface area contributed by atoms with Gasteiger partial charge in [0.1, 0.15) is 11.4 Å². The standard InChI is InChI=1S/C23H17Cl2N3O2/c24-17-9-7-16(8-10-17)23-14-15-4-1-2-5-18(15)21(29)27(23)12-13-28(23)22(30)20-19(25)6-3-11-26-20/h1-11H,12-14H2. The van der Waals surface area contributed by atoms with E-state index in [-0.39, 0.29) is 22.5 Å². The Bertz CT molecular complexity index is 1170. The molecule has 5 rings (SSSR count). The maximum atomic E-state index is 13.6. The molecule has 2 amide bonds. The quantitative estimate of drug-likeness (QED) is 0.596. The Balaban J connectivity index is 1.71. The van der Waals surface area contributed by atoms with E-state index in [9.17, 15) is 9.59 Å². The lowest BCUT2D eigenvalue weighted by atomic mass is 9.83. The average Bonchev–Trinajstić information content (AvgIpc) is 3.15. The highest BCUT2D eigenvalue weighted by molar-refractivity contribution is 6.33. The molecule has 2 aliphatic rings. The smallest absolute Gasteiger partial charge is 0.276 e. The van der Waals surface area contributed by atoms with Crippen molar-refractivity contribution in [1.82, 2.24) is 14.8 Å². The number of rotatable bonds is 2. The first kappa shape index (κ1) is 19.1. The Labute approximate surface area is 183 Å². The Morgan fingerprint density at radius 1 is 0.967 bits per heavy atom. The average molecular weight is 438 g/mol. The topological polar surface area (TPSA) is 53.5 Å². The summed E-state index contributed by atoms with van der Waals surface area (Å²) in [6.07, 6.45) is 2.02. The van der Waals surface area contributed by atoms with Crippen LogP contribution in [0.1, 0.15) is 32.0 Å². The van der Waals surface area contributed by atoms with Crippen molar-refractivity contribution in [3.05, 3.63) is 99.3 Å². The number of amides is 2. The van der Waals surface area contributed by atoms with Crippen LogP contribution in [0.5, 0.6) is 0 Å². The van der Waals surface area contributed by atoms with Gasteiger partial charge in [-0.25, -0.2) is 4.98 Å². The predicted molar refractivity (Wildman–Crippen MR) is 115 cm³/mol. The van der Waals surface area contributed by atoms with Gasteiger partial charge in [-0.15, -0.1) is 0 Å². The van der Waals surface area contributed by atoms with Crippen LogP contribution in [0.2, 0.25) is 10.0 Å². The molecule has 1 fully saturated rings. The van der Waals surface area contributed by atoms with E-state index >= 15 is 0 Å². The molecule has 1 aromatic heterocycles. The second kappa shape index (κ2) is 7.11. The van der Waals surface area contributed by atoms with Gasteiger partial charge in [-0.1, -0.05) is 53.5 Å². The normalized spacial score (nSPS) is 20.1. The monoisotopic (exact) mass is 437 g/mol. The van der Waals surface area contributed by atoms with Crippen LogP contribution in [0.25, 0.3) is 0 Å². The molecule has 1 atom stereocenters. The van der Waals surface area contributed by atoms with Crippen LogP contribution in [-0.4, -0.2) is 39.7 Å². The third-order valence-electron chi connectivity index (χ3n) is 5.88. The van der Waals surface area contributed by atoms with Crippen LogP contribution in [0.4, 0.5) is 0 Å². The molecule has 3 aromatic rings. The Morgan fingerprint density at radius 3 is 2.50 bits per heavy atom. The summed E-state index contributed by atoms with van der Waals surface area (Å²) in [6.45, 7) is 0.806. The number of benzene rings is 2. The van der Waals surface area contributed by atoms with Gasteiger partial charge in [-0.2, -0.15) is 0 Å². The van der Waals surface area contributed by atoms with Crippen molar-refractivity contribution >= 4 is 35.0 Å². The fraction of sp³-hybridized carbons (Fsp3) is 0.174. The lowest BCUT2D eigenvalue weighted by Gasteiger charge is -2.47. The van der Waals surface area contributed by atoms with Crippen LogP contribution in [0.15, 0.2) is 66.9 Å². The maximum Gasteiger partial charge on any atom is 0.276 e. The van der Waals surface area contributed by atoms with E-state index in [1.165, 1.54) is 0 Å². The van der Waals surface area contributed by atoms with Gasteiger partial charge in [0.25, 0.3) is 11.8 Å². The first-order valence-electron chi connectivity index (χ1n) is 9.61. The third-order valence-corrected chi connectivity index (χ3v) is 6.44. The Hall–Kier alpha value is -2.89. The zero-order chi connectivity index (χ0) is 20.9. The molecule has 1 unspecified atom stereocenters. The molecule has 150 valence electrons. The van der Waals surface area contributed by atoms with E-state index in [1.54, 1.807) is 40.3 Å². The van der Waals surface area contributed by atoms with Gasteiger partial charge in [0.15, 0.2) is 0 Å². The summed E-state index contributed by atoms with van der Waals surface area (Å²) in [5.41, 5.74) is 1.62. The van der Waals surface area contributed by atoms with Gasteiger partial charge < -0.3 is 9.80 Å². The Kier molecular flexibility index (Phi) is 4.53. The van der Waals surface area contributed by atoms with Gasteiger partial charge >= 0.3 is 0 Å². The molecular formula is C23H17Cl2N3O2. The van der Waals surface area contributed by atoms with E-state index in [4.69, 9.17) is 23.2 Å². The fourth-order valence-electron chi connectivity index (χ4n) is 4.54. The second-order valence-electron chi connectivity index (χ2n) is 7.40.